The first-order valence-electron chi connectivity index (χ1n) is 9.96. The topological polar surface area (TPSA) is 45.3 Å². The van der Waals surface area contributed by atoms with E-state index in [0.29, 0.717) is 0 Å². The summed E-state index contributed by atoms with van der Waals surface area (Å²) in [6.45, 7) is 1.99. The van der Waals surface area contributed by atoms with Gasteiger partial charge in [0.05, 0.1) is 23.7 Å². The van der Waals surface area contributed by atoms with Crippen LogP contribution in [0, 0.1) is 0 Å². The highest BCUT2D eigenvalue weighted by molar-refractivity contribution is 8.01. The molecule has 0 radical (unpaired) electrons. The lowest BCUT2D eigenvalue weighted by Gasteiger charge is -2.25. The monoisotopic (exact) mass is 414 g/mol. The maximum absolute atomic E-state index is 13.4. The van der Waals surface area contributed by atoms with Gasteiger partial charge in [0, 0.05) is 16.5 Å². The predicted octanol–water partition coefficient (Wildman–Crippen LogP) is 6.01. The number of rotatable bonds is 4. The normalized spacial score (nSPS) is 18.9. The molecule has 2 unspecified atom stereocenters. The Bertz CT molecular complexity index is 1200. The third-order valence-electron chi connectivity index (χ3n) is 5.54. The second kappa shape index (κ2) is 7.58. The van der Waals surface area contributed by atoms with Gasteiger partial charge >= 0.3 is 0 Å². The zero-order chi connectivity index (χ0) is 20.7. The van der Waals surface area contributed by atoms with E-state index in [9.17, 15) is 4.79 Å². The second-order valence-corrected chi connectivity index (χ2v) is 8.80. The SMILES string of the molecule is COc1ccc(C2SC(C)C(=O)N2c2c(-c3ccccc3)[nH]c3ccccc23)cc1. The fraction of sp³-hybridized carbons (Fsp3) is 0.160. The van der Waals surface area contributed by atoms with E-state index in [4.69, 9.17) is 4.74 Å². The van der Waals surface area contributed by atoms with E-state index in [-0.39, 0.29) is 16.5 Å². The number of hydrogen-bond acceptors (Lipinski definition) is 3. The van der Waals surface area contributed by atoms with Crippen molar-refractivity contribution < 1.29 is 9.53 Å². The molecule has 0 aliphatic carbocycles. The van der Waals surface area contributed by atoms with Gasteiger partial charge in [0.15, 0.2) is 0 Å². The van der Waals surface area contributed by atoms with Crippen LogP contribution in [-0.4, -0.2) is 23.3 Å². The van der Waals surface area contributed by atoms with E-state index in [0.717, 1.165) is 39.2 Å². The molecule has 1 amide bonds. The summed E-state index contributed by atoms with van der Waals surface area (Å²) in [4.78, 5) is 18.9. The Kier molecular flexibility index (Phi) is 4.75. The zero-order valence-electron chi connectivity index (χ0n) is 16.8. The van der Waals surface area contributed by atoms with Crippen LogP contribution in [0.4, 0.5) is 5.69 Å². The number of aromatic nitrogens is 1. The molecule has 5 rings (SSSR count). The average molecular weight is 415 g/mol. The number of benzene rings is 3. The van der Waals surface area contributed by atoms with Gasteiger partial charge in [-0.2, -0.15) is 0 Å². The van der Waals surface area contributed by atoms with Crippen molar-refractivity contribution in [3.05, 3.63) is 84.4 Å². The van der Waals surface area contributed by atoms with Crippen LogP contribution in [0.25, 0.3) is 22.2 Å². The molecule has 0 spiro atoms. The van der Waals surface area contributed by atoms with Crippen LogP contribution in [0.5, 0.6) is 5.75 Å². The van der Waals surface area contributed by atoms with Crippen LogP contribution in [-0.2, 0) is 4.79 Å². The minimum Gasteiger partial charge on any atom is -0.497 e. The molecule has 3 aromatic carbocycles. The van der Waals surface area contributed by atoms with Gasteiger partial charge in [0.2, 0.25) is 5.91 Å². The van der Waals surface area contributed by atoms with Gasteiger partial charge < -0.3 is 9.72 Å². The van der Waals surface area contributed by atoms with E-state index in [1.165, 1.54) is 0 Å². The predicted molar refractivity (Wildman–Crippen MR) is 124 cm³/mol. The number of aromatic amines is 1. The third-order valence-corrected chi connectivity index (χ3v) is 6.89. The molecule has 30 heavy (non-hydrogen) atoms. The number of para-hydroxylation sites is 1. The van der Waals surface area contributed by atoms with Gasteiger partial charge in [0.25, 0.3) is 0 Å². The van der Waals surface area contributed by atoms with Crippen molar-refractivity contribution in [1.29, 1.82) is 0 Å². The number of carbonyl (C=O) groups excluding carboxylic acids is 1. The largest absolute Gasteiger partial charge is 0.497 e. The van der Waals surface area contributed by atoms with Gasteiger partial charge in [0.1, 0.15) is 11.1 Å². The molecule has 1 aliphatic rings. The number of ether oxygens (including phenoxy) is 1. The van der Waals surface area contributed by atoms with Crippen molar-refractivity contribution >= 4 is 34.3 Å². The lowest BCUT2D eigenvalue weighted by molar-refractivity contribution is -0.117. The number of methoxy groups -OCH3 is 1. The fourth-order valence-corrected chi connectivity index (χ4v) is 5.30. The number of hydrogen-bond donors (Lipinski definition) is 1. The molecular formula is C25H22N2O2S. The van der Waals surface area contributed by atoms with Crippen molar-refractivity contribution in [3.63, 3.8) is 0 Å². The molecular weight excluding hydrogens is 392 g/mol. The molecule has 0 saturated carbocycles. The number of fused-ring (bicyclic) bond motifs is 1. The molecule has 4 aromatic rings. The average Bonchev–Trinajstić information content (AvgIpc) is 3.31. The summed E-state index contributed by atoms with van der Waals surface area (Å²) < 4.78 is 5.32. The quantitative estimate of drug-likeness (QED) is 0.445. The van der Waals surface area contributed by atoms with Gasteiger partial charge in [-0.05, 0) is 30.7 Å². The van der Waals surface area contributed by atoms with Crippen molar-refractivity contribution in [2.45, 2.75) is 17.5 Å². The number of anilines is 1. The van der Waals surface area contributed by atoms with Gasteiger partial charge in [-0.15, -0.1) is 11.8 Å². The van der Waals surface area contributed by atoms with Crippen molar-refractivity contribution in [3.8, 4) is 17.0 Å². The first kappa shape index (κ1) is 18.8. The van der Waals surface area contributed by atoms with Crippen LogP contribution in [0.3, 0.4) is 0 Å². The number of nitrogens with zero attached hydrogens (tertiary/aromatic N) is 1. The number of thioether (sulfide) groups is 1. The van der Waals surface area contributed by atoms with E-state index >= 15 is 0 Å². The van der Waals surface area contributed by atoms with Crippen LogP contribution < -0.4 is 9.64 Å². The molecule has 1 saturated heterocycles. The minimum atomic E-state index is -0.116. The Morgan fingerprint density at radius 1 is 0.933 bits per heavy atom. The molecule has 1 aromatic heterocycles. The van der Waals surface area contributed by atoms with Crippen molar-refractivity contribution in [2.75, 3.05) is 12.0 Å². The molecule has 5 heteroatoms. The summed E-state index contributed by atoms with van der Waals surface area (Å²) >= 11 is 1.68. The van der Waals surface area contributed by atoms with Crippen LogP contribution >= 0.6 is 11.8 Å². The molecule has 150 valence electrons. The zero-order valence-corrected chi connectivity index (χ0v) is 17.6. The summed E-state index contributed by atoms with van der Waals surface area (Å²) in [6.07, 6.45) is 0. The Hall–Kier alpha value is -3.18. The molecule has 2 atom stereocenters. The first-order valence-corrected chi connectivity index (χ1v) is 10.9. The maximum atomic E-state index is 13.4. The van der Waals surface area contributed by atoms with Crippen LogP contribution in [0.15, 0.2) is 78.9 Å². The Balaban J connectivity index is 1.71. The number of nitrogens with one attached hydrogen (secondary N) is 1. The molecule has 1 aliphatic heterocycles. The van der Waals surface area contributed by atoms with E-state index in [2.05, 4.69) is 29.2 Å². The highest BCUT2D eigenvalue weighted by Crippen LogP contribution is 2.50. The first-order chi connectivity index (χ1) is 14.7. The number of amides is 1. The van der Waals surface area contributed by atoms with E-state index in [1.807, 2.05) is 66.4 Å². The van der Waals surface area contributed by atoms with Gasteiger partial charge in [-0.3, -0.25) is 9.69 Å². The highest BCUT2D eigenvalue weighted by atomic mass is 32.2. The maximum Gasteiger partial charge on any atom is 0.241 e. The fourth-order valence-electron chi connectivity index (χ4n) is 4.04. The number of H-pyrrole nitrogens is 1. The Labute approximate surface area is 179 Å². The lowest BCUT2D eigenvalue weighted by Crippen LogP contribution is -2.30. The smallest absolute Gasteiger partial charge is 0.241 e. The highest BCUT2D eigenvalue weighted by Gasteiger charge is 2.41. The molecule has 4 nitrogen and oxygen atoms in total. The molecule has 0 bridgehead atoms. The minimum absolute atomic E-state index is 0.0972. The van der Waals surface area contributed by atoms with Crippen molar-refractivity contribution in [2.24, 2.45) is 0 Å². The number of carbonyl (C=O) groups is 1. The Morgan fingerprint density at radius 2 is 1.63 bits per heavy atom. The summed E-state index contributed by atoms with van der Waals surface area (Å²) in [5, 5.41) is 0.840. The molecule has 1 N–H and O–H groups in total. The van der Waals surface area contributed by atoms with Gasteiger partial charge in [-0.25, -0.2) is 0 Å². The molecule has 2 heterocycles. The standard InChI is InChI=1S/C25H22N2O2S/c1-16-24(28)27(25(30-16)18-12-14-19(29-2)15-13-18)23-20-10-6-7-11-21(20)26-22(23)17-8-4-3-5-9-17/h3-16,25-26H,1-2H3. The summed E-state index contributed by atoms with van der Waals surface area (Å²) in [5.74, 6) is 0.937. The van der Waals surface area contributed by atoms with Crippen LogP contribution in [0.1, 0.15) is 17.9 Å². The lowest BCUT2D eigenvalue weighted by atomic mass is 10.1. The van der Waals surface area contributed by atoms with Crippen LogP contribution in [0.2, 0.25) is 0 Å². The van der Waals surface area contributed by atoms with E-state index in [1.54, 1.807) is 18.9 Å². The summed E-state index contributed by atoms with van der Waals surface area (Å²) in [5.41, 5.74) is 5.09. The molecule has 1 fully saturated rings. The summed E-state index contributed by atoms with van der Waals surface area (Å²) in [7, 11) is 1.66. The van der Waals surface area contributed by atoms with Gasteiger partial charge in [-0.1, -0.05) is 60.7 Å². The Morgan fingerprint density at radius 3 is 2.37 bits per heavy atom. The third kappa shape index (κ3) is 3.06. The summed E-state index contributed by atoms with van der Waals surface area (Å²) in [6, 6.07) is 26.4. The van der Waals surface area contributed by atoms with Crippen molar-refractivity contribution in [1.82, 2.24) is 4.98 Å². The van der Waals surface area contributed by atoms with E-state index < -0.39 is 0 Å². The second-order valence-electron chi connectivity index (χ2n) is 7.37.